The molecular formula is C18H24N4O4S2. The van der Waals surface area contributed by atoms with E-state index in [1.54, 1.807) is 16.2 Å². The Kier molecular flexibility index (Phi) is 6.33. The third kappa shape index (κ3) is 4.69. The van der Waals surface area contributed by atoms with Crippen molar-refractivity contribution < 1.29 is 13.2 Å². The number of rotatable bonds is 6. The minimum Gasteiger partial charge on any atom is -0.339 e. The second kappa shape index (κ2) is 8.56. The van der Waals surface area contributed by atoms with Crippen LogP contribution in [0.5, 0.6) is 0 Å². The van der Waals surface area contributed by atoms with Gasteiger partial charge in [0.05, 0.1) is 4.90 Å². The van der Waals surface area contributed by atoms with Gasteiger partial charge >= 0.3 is 0 Å². The topological polar surface area (TPSA) is 82.9 Å². The predicted molar refractivity (Wildman–Crippen MR) is 108 cm³/mol. The van der Waals surface area contributed by atoms with Crippen molar-refractivity contribution in [2.24, 2.45) is 0 Å². The molecule has 3 rings (SSSR count). The molecule has 0 saturated carbocycles. The highest BCUT2D eigenvalue weighted by Crippen LogP contribution is 2.14. The van der Waals surface area contributed by atoms with Gasteiger partial charge in [-0.15, -0.1) is 11.3 Å². The Labute approximate surface area is 168 Å². The largest absolute Gasteiger partial charge is 0.339 e. The number of carbonyl (C=O) groups is 1. The Hall–Kier alpha value is -2.01. The van der Waals surface area contributed by atoms with Crippen LogP contribution >= 0.6 is 11.3 Å². The zero-order chi connectivity index (χ0) is 20.3. The summed E-state index contributed by atoms with van der Waals surface area (Å²) in [5.41, 5.74) is -0.401. The molecule has 0 bridgehead atoms. The van der Waals surface area contributed by atoms with Crippen molar-refractivity contribution in [3.05, 3.63) is 51.1 Å². The first kappa shape index (κ1) is 20.7. The highest BCUT2D eigenvalue weighted by atomic mass is 32.2. The molecule has 1 saturated heterocycles. The second-order valence-electron chi connectivity index (χ2n) is 6.85. The van der Waals surface area contributed by atoms with Gasteiger partial charge in [0, 0.05) is 64.0 Å². The third-order valence-electron chi connectivity index (χ3n) is 4.73. The molecule has 1 aliphatic heterocycles. The van der Waals surface area contributed by atoms with Crippen molar-refractivity contribution in [1.29, 1.82) is 0 Å². The van der Waals surface area contributed by atoms with E-state index >= 15 is 0 Å². The monoisotopic (exact) mass is 424 g/mol. The molecule has 1 fully saturated rings. The first-order valence-electron chi connectivity index (χ1n) is 8.93. The molecular weight excluding hydrogens is 400 g/mol. The number of pyridine rings is 1. The molecule has 1 aliphatic rings. The molecule has 1 amide bonds. The molecule has 0 spiro atoms. The van der Waals surface area contributed by atoms with Gasteiger partial charge in [-0.05, 0) is 17.5 Å². The van der Waals surface area contributed by atoms with Crippen LogP contribution in [-0.2, 0) is 27.9 Å². The number of piperazine rings is 1. The van der Waals surface area contributed by atoms with Crippen LogP contribution in [-0.4, -0.2) is 73.3 Å². The molecule has 28 heavy (non-hydrogen) atoms. The van der Waals surface area contributed by atoms with Crippen molar-refractivity contribution in [3.8, 4) is 0 Å². The van der Waals surface area contributed by atoms with Crippen LogP contribution < -0.4 is 5.56 Å². The number of hydrogen-bond acceptors (Lipinski definition) is 6. The summed E-state index contributed by atoms with van der Waals surface area (Å²) in [6, 6.07) is 6.58. The molecule has 0 aliphatic carbocycles. The van der Waals surface area contributed by atoms with E-state index in [4.69, 9.17) is 0 Å². The summed E-state index contributed by atoms with van der Waals surface area (Å²) in [6.07, 6.45) is 1.24. The van der Waals surface area contributed by atoms with Gasteiger partial charge in [0.1, 0.15) is 6.54 Å². The first-order chi connectivity index (χ1) is 13.3. The van der Waals surface area contributed by atoms with Gasteiger partial charge in [-0.25, -0.2) is 12.7 Å². The van der Waals surface area contributed by atoms with Gasteiger partial charge in [0.2, 0.25) is 15.9 Å². The summed E-state index contributed by atoms with van der Waals surface area (Å²) in [5.74, 6) is -0.183. The van der Waals surface area contributed by atoms with E-state index in [9.17, 15) is 18.0 Å². The fourth-order valence-corrected chi connectivity index (χ4v) is 4.69. The minimum absolute atomic E-state index is 0.00864. The van der Waals surface area contributed by atoms with Crippen molar-refractivity contribution in [2.45, 2.75) is 18.0 Å². The van der Waals surface area contributed by atoms with Crippen LogP contribution in [0, 0.1) is 0 Å². The van der Waals surface area contributed by atoms with E-state index in [1.807, 2.05) is 6.07 Å². The number of hydrogen-bond donors (Lipinski definition) is 0. The molecule has 8 nitrogen and oxygen atoms in total. The average Bonchev–Trinajstić information content (AvgIpc) is 3.16. The Morgan fingerprint density at radius 1 is 1.14 bits per heavy atom. The lowest BCUT2D eigenvalue weighted by molar-refractivity contribution is -0.133. The lowest BCUT2D eigenvalue weighted by Crippen LogP contribution is -2.49. The van der Waals surface area contributed by atoms with Gasteiger partial charge < -0.3 is 9.47 Å². The fourth-order valence-electron chi connectivity index (χ4n) is 3.02. The number of carbonyl (C=O) groups excluding carboxylic acids is 1. The van der Waals surface area contributed by atoms with Crippen LogP contribution in [0.1, 0.15) is 4.88 Å². The Balaban J connectivity index is 1.63. The van der Waals surface area contributed by atoms with E-state index in [0.717, 1.165) is 28.5 Å². The molecule has 152 valence electrons. The lowest BCUT2D eigenvalue weighted by atomic mass is 10.3. The van der Waals surface area contributed by atoms with E-state index in [1.165, 1.54) is 37.3 Å². The van der Waals surface area contributed by atoms with E-state index in [-0.39, 0.29) is 17.3 Å². The maximum Gasteiger partial charge on any atom is 0.251 e. The van der Waals surface area contributed by atoms with Crippen molar-refractivity contribution in [2.75, 3.05) is 40.3 Å². The Morgan fingerprint density at radius 3 is 2.46 bits per heavy atom. The lowest BCUT2D eigenvalue weighted by Gasteiger charge is -2.34. The molecule has 0 radical (unpaired) electrons. The smallest absolute Gasteiger partial charge is 0.251 e. The van der Waals surface area contributed by atoms with Crippen molar-refractivity contribution >= 4 is 27.3 Å². The summed E-state index contributed by atoms with van der Waals surface area (Å²) in [5, 5.41) is 2.05. The van der Waals surface area contributed by atoms with Crippen molar-refractivity contribution in [3.63, 3.8) is 0 Å². The maximum absolute atomic E-state index is 12.6. The van der Waals surface area contributed by atoms with Gasteiger partial charge in [0.25, 0.3) is 5.56 Å². The average molecular weight is 425 g/mol. The van der Waals surface area contributed by atoms with E-state index in [0.29, 0.717) is 13.1 Å². The Morgan fingerprint density at radius 2 is 1.86 bits per heavy atom. The standard InChI is InChI=1S/C18H24N4O4S2/c1-19(2)28(25,26)16-5-6-17(23)22(13-16)14-18(24)21-9-7-20(8-10-21)12-15-4-3-11-27-15/h3-6,11,13H,7-10,12,14H2,1-2H3. The third-order valence-corrected chi connectivity index (χ3v) is 7.38. The normalized spacial score (nSPS) is 15.9. The summed E-state index contributed by atoms with van der Waals surface area (Å²) in [6.45, 7) is 3.44. The SMILES string of the molecule is CN(C)S(=O)(=O)c1ccc(=O)n(CC(=O)N2CCN(Cc3cccs3)CC2)c1. The summed E-state index contributed by atoms with van der Waals surface area (Å²) < 4.78 is 26.8. The number of sulfonamides is 1. The Bertz CT molecular complexity index is 975. The van der Waals surface area contributed by atoms with Crippen LogP contribution in [0.15, 0.2) is 45.5 Å². The number of thiophene rings is 1. The van der Waals surface area contributed by atoms with Crippen LogP contribution in [0.4, 0.5) is 0 Å². The first-order valence-corrected chi connectivity index (χ1v) is 11.2. The van der Waals surface area contributed by atoms with Gasteiger partial charge in [-0.3, -0.25) is 14.5 Å². The molecule has 0 aromatic carbocycles. The van der Waals surface area contributed by atoms with Gasteiger partial charge in [-0.1, -0.05) is 6.07 Å². The van der Waals surface area contributed by atoms with E-state index in [2.05, 4.69) is 16.3 Å². The molecule has 0 atom stereocenters. The van der Waals surface area contributed by atoms with Crippen molar-refractivity contribution in [1.82, 2.24) is 18.7 Å². The second-order valence-corrected chi connectivity index (χ2v) is 10.0. The predicted octanol–water partition coefficient (Wildman–Crippen LogP) is 0.505. The molecule has 0 unspecified atom stereocenters. The summed E-state index contributed by atoms with van der Waals surface area (Å²) in [4.78, 5) is 30.0. The number of aromatic nitrogens is 1. The molecule has 10 heteroatoms. The molecule has 2 aromatic heterocycles. The quantitative estimate of drug-likeness (QED) is 0.675. The van der Waals surface area contributed by atoms with Gasteiger partial charge in [0.15, 0.2) is 0 Å². The van der Waals surface area contributed by atoms with E-state index < -0.39 is 15.6 Å². The van der Waals surface area contributed by atoms with Crippen LogP contribution in [0.3, 0.4) is 0 Å². The molecule has 3 heterocycles. The molecule has 2 aromatic rings. The maximum atomic E-state index is 12.6. The van der Waals surface area contributed by atoms with Crippen LogP contribution in [0.2, 0.25) is 0 Å². The highest BCUT2D eigenvalue weighted by Gasteiger charge is 2.23. The minimum atomic E-state index is -3.67. The number of nitrogens with zero attached hydrogens (tertiary/aromatic N) is 4. The number of amides is 1. The van der Waals surface area contributed by atoms with Gasteiger partial charge in [-0.2, -0.15) is 0 Å². The summed E-state index contributed by atoms with van der Waals surface area (Å²) >= 11 is 1.72. The zero-order valence-corrected chi connectivity index (χ0v) is 17.6. The highest BCUT2D eigenvalue weighted by molar-refractivity contribution is 7.89. The van der Waals surface area contributed by atoms with Crippen LogP contribution in [0.25, 0.3) is 0 Å². The fraction of sp³-hybridized carbons (Fsp3) is 0.444. The zero-order valence-electron chi connectivity index (χ0n) is 15.9. The summed E-state index contributed by atoms with van der Waals surface area (Å²) in [7, 11) is -0.822. The molecule has 0 N–H and O–H groups in total.